The fourth-order valence-corrected chi connectivity index (χ4v) is 4.32. The van der Waals surface area contributed by atoms with E-state index < -0.39 is 55.5 Å². The summed E-state index contributed by atoms with van der Waals surface area (Å²) in [5, 5.41) is 22.0. The van der Waals surface area contributed by atoms with Crippen LogP contribution in [0.25, 0.3) is 0 Å². The van der Waals surface area contributed by atoms with Crippen molar-refractivity contribution in [3.8, 4) is 23.3 Å². The quantitative estimate of drug-likeness (QED) is 0.222. The van der Waals surface area contributed by atoms with E-state index in [1.807, 2.05) is 0 Å². The molecule has 2 aromatic rings. The van der Waals surface area contributed by atoms with Crippen LogP contribution in [-0.2, 0) is 14.3 Å². The van der Waals surface area contributed by atoms with Gasteiger partial charge in [0.25, 0.3) is 5.56 Å². The number of carbonyl (C=O) groups excluding carboxylic acids is 1. The van der Waals surface area contributed by atoms with E-state index in [0.29, 0.717) is 0 Å². The number of esters is 1. The number of ether oxygens (including phenoxy) is 3. The third-order valence-electron chi connectivity index (χ3n) is 5.30. The van der Waals surface area contributed by atoms with Gasteiger partial charge < -0.3 is 29.3 Å². The van der Waals surface area contributed by atoms with Crippen molar-refractivity contribution in [2.24, 2.45) is 4.74 Å². The molecule has 204 valence electrons. The molecule has 0 radical (unpaired) electrons. The van der Waals surface area contributed by atoms with E-state index in [9.17, 15) is 29.5 Å². The van der Waals surface area contributed by atoms with Gasteiger partial charge in [-0.3, -0.25) is 18.9 Å². The molecule has 1 aromatic carbocycles. The number of aliphatic hydroxyl groups is 2. The second-order valence-corrected chi connectivity index (χ2v) is 9.44. The Kier molecular flexibility index (Phi) is 9.43. The van der Waals surface area contributed by atoms with Crippen LogP contribution in [0.3, 0.4) is 0 Å². The summed E-state index contributed by atoms with van der Waals surface area (Å²) in [5.41, 5.74) is -3.72. The van der Waals surface area contributed by atoms with Crippen molar-refractivity contribution in [1.29, 1.82) is 0 Å². The van der Waals surface area contributed by atoms with Crippen molar-refractivity contribution >= 4 is 14.1 Å². The molecular formula is C24H28N3O10P. The number of benzene rings is 1. The number of rotatable bonds is 9. The maximum absolute atomic E-state index is 12.4. The van der Waals surface area contributed by atoms with Gasteiger partial charge in [0.15, 0.2) is 23.6 Å². The summed E-state index contributed by atoms with van der Waals surface area (Å²) >= 11 is 0. The molecule has 2 heterocycles. The lowest BCUT2D eigenvalue weighted by molar-refractivity contribution is -0.170. The van der Waals surface area contributed by atoms with E-state index >= 15 is 0 Å². The van der Waals surface area contributed by atoms with E-state index in [0.717, 1.165) is 16.8 Å². The maximum atomic E-state index is 12.4. The van der Waals surface area contributed by atoms with Crippen LogP contribution in [0.15, 0.2) is 50.9 Å². The van der Waals surface area contributed by atoms with Gasteiger partial charge in [-0.2, -0.15) is 0 Å². The number of H-pyrrole nitrogens is 1. The van der Waals surface area contributed by atoms with E-state index in [1.165, 1.54) is 26.0 Å². The second kappa shape index (κ2) is 12.3. The Labute approximate surface area is 218 Å². The zero-order chi connectivity index (χ0) is 28.0. The van der Waals surface area contributed by atoms with E-state index in [-0.39, 0.29) is 24.2 Å². The minimum atomic E-state index is -2.68. The molecule has 0 amide bonds. The molecule has 1 saturated heterocycles. The van der Waals surface area contributed by atoms with Gasteiger partial charge in [0.2, 0.25) is 5.75 Å². The first-order chi connectivity index (χ1) is 18.0. The Morgan fingerprint density at radius 3 is 2.61 bits per heavy atom. The van der Waals surface area contributed by atoms with Gasteiger partial charge in [0.1, 0.15) is 18.8 Å². The summed E-state index contributed by atoms with van der Waals surface area (Å²) in [4.78, 5) is 50.1. The highest BCUT2D eigenvalue weighted by Crippen LogP contribution is 2.39. The molecular weight excluding hydrogens is 521 g/mol. The van der Waals surface area contributed by atoms with Crippen molar-refractivity contribution in [3.63, 3.8) is 0 Å². The average Bonchev–Trinajstić information content (AvgIpc) is 3.08. The molecule has 3 N–H and O–H groups in total. The fraction of sp³-hybridized carbons (Fsp3) is 0.458. The zero-order valence-electron chi connectivity index (χ0n) is 21.1. The van der Waals surface area contributed by atoms with Crippen molar-refractivity contribution in [2.75, 3.05) is 6.61 Å². The van der Waals surface area contributed by atoms with Crippen molar-refractivity contribution in [3.05, 3.63) is 57.4 Å². The van der Waals surface area contributed by atoms with Crippen molar-refractivity contribution in [2.45, 2.75) is 63.9 Å². The van der Waals surface area contributed by atoms with Crippen molar-refractivity contribution < 1.29 is 38.6 Å². The summed E-state index contributed by atoms with van der Waals surface area (Å²) in [6.07, 6.45) is -3.50. The van der Waals surface area contributed by atoms with Crippen LogP contribution < -0.4 is 25.4 Å². The van der Waals surface area contributed by atoms with Crippen LogP contribution in [-0.4, -0.2) is 62.3 Å². The Hall–Kier alpha value is -3.53. The molecule has 1 aliphatic heterocycles. The Balaban J connectivity index is 1.77. The number of aromatic amines is 1. The summed E-state index contributed by atoms with van der Waals surface area (Å²) in [6, 6.07) is 6.20. The molecule has 38 heavy (non-hydrogen) atoms. The first kappa shape index (κ1) is 29.0. The van der Waals surface area contributed by atoms with E-state index in [4.69, 9.17) is 18.7 Å². The van der Waals surface area contributed by atoms with E-state index in [1.54, 1.807) is 26.0 Å². The molecule has 13 nitrogen and oxygen atoms in total. The highest BCUT2D eigenvalue weighted by atomic mass is 31.1. The number of hydrogen-bond donors (Lipinski definition) is 3. The summed E-state index contributed by atoms with van der Waals surface area (Å²) in [7, 11) is -2.68. The molecule has 1 unspecified atom stereocenters. The van der Waals surface area contributed by atoms with Gasteiger partial charge in [0, 0.05) is 12.3 Å². The second-order valence-electron chi connectivity index (χ2n) is 8.55. The Morgan fingerprint density at radius 1 is 1.29 bits per heavy atom. The topological polar surface area (TPSA) is 185 Å². The SMILES string of the molecule is CC#C[C@@]1(O)[C@H](O)[C@@H](COc2ccccc2O[P+]([O-])=N[C@@H](C)C(=O)OC(C)C)O[C@H]1n1ccc(=O)[nH]c1=O. The number of carbonyl (C=O) groups is 1. The molecule has 1 aliphatic rings. The number of para-hydroxylation sites is 2. The zero-order valence-corrected chi connectivity index (χ0v) is 22.0. The minimum Gasteiger partial charge on any atom is -0.575 e. The summed E-state index contributed by atoms with van der Waals surface area (Å²) in [6.45, 7) is 5.87. The minimum absolute atomic E-state index is 0.0336. The van der Waals surface area contributed by atoms with Gasteiger partial charge in [-0.25, -0.2) is 9.59 Å². The number of hydrogen-bond acceptors (Lipinski definition) is 11. The number of nitrogens with zero attached hydrogens (tertiary/aromatic N) is 2. The molecule has 14 heteroatoms. The molecule has 0 spiro atoms. The first-order valence-corrected chi connectivity index (χ1v) is 12.7. The lowest BCUT2D eigenvalue weighted by Gasteiger charge is -2.26. The third kappa shape index (κ3) is 6.66. The summed E-state index contributed by atoms with van der Waals surface area (Å²) < 4.78 is 26.6. The van der Waals surface area contributed by atoms with Crippen LogP contribution >= 0.6 is 8.17 Å². The normalized spacial score (nSPS) is 23.9. The van der Waals surface area contributed by atoms with Gasteiger partial charge in [0.05, 0.1) is 6.10 Å². The Morgan fingerprint density at radius 2 is 1.97 bits per heavy atom. The summed E-state index contributed by atoms with van der Waals surface area (Å²) in [5.74, 6) is 4.47. The van der Waals surface area contributed by atoms with Gasteiger partial charge in [-0.15, -0.1) is 5.92 Å². The monoisotopic (exact) mass is 549 g/mol. The highest BCUT2D eigenvalue weighted by Gasteiger charge is 2.56. The van der Waals surface area contributed by atoms with Gasteiger partial charge >= 0.3 is 19.8 Å². The van der Waals surface area contributed by atoms with Crippen LogP contribution in [0.5, 0.6) is 11.5 Å². The molecule has 0 bridgehead atoms. The average molecular weight is 549 g/mol. The molecule has 3 rings (SSSR count). The molecule has 6 atom stereocenters. The van der Waals surface area contributed by atoms with E-state index in [2.05, 4.69) is 21.6 Å². The molecule has 1 aromatic heterocycles. The molecule has 0 aliphatic carbocycles. The molecule has 1 fully saturated rings. The largest absolute Gasteiger partial charge is 0.575 e. The maximum Gasteiger partial charge on any atom is 0.395 e. The molecule has 0 saturated carbocycles. The highest BCUT2D eigenvalue weighted by molar-refractivity contribution is 7.34. The van der Waals surface area contributed by atoms with Gasteiger partial charge in [-0.05, 0) is 39.8 Å². The number of aromatic nitrogens is 2. The van der Waals surface area contributed by atoms with Crippen LogP contribution in [0.1, 0.15) is 33.9 Å². The lowest BCUT2D eigenvalue weighted by atomic mass is 9.94. The number of aliphatic hydroxyl groups excluding tert-OH is 1. The third-order valence-corrected chi connectivity index (χ3v) is 6.19. The lowest BCUT2D eigenvalue weighted by Crippen LogP contribution is -2.48. The Bertz CT molecular complexity index is 1360. The predicted molar refractivity (Wildman–Crippen MR) is 132 cm³/mol. The van der Waals surface area contributed by atoms with Crippen LogP contribution in [0.4, 0.5) is 0 Å². The van der Waals surface area contributed by atoms with Crippen molar-refractivity contribution in [1.82, 2.24) is 9.55 Å². The van der Waals surface area contributed by atoms with Gasteiger partial charge in [-0.1, -0.05) is 22.8 Å². The predicted octanol–water partition coefficient (Wildman–Crippen LogP) is 0.203. The first-order valence-electron chi connectivity index (χ1n) is 11.6. The fourth-order valence-electron chi connectivity index (χ4n) is 3.57. The smallest absolute Gasteiger partial charge is 0.395 e. The number of nitrogens with one attached hydrogen (secondary N) is 1. The van der Waals surface area contributed by atoms with Crippen LogP contribution in [0, 0.1) is 11.8 Å². The van der Waals surface area contributed by atoms with Crippen LogP contribution in [0.2, 0.25) is 0 Å². The standard InChI is InChI=1S/C24H28N3O10P/c1-5-11-24(32)20(29)18(36-22(24)27-12-10-19(28)25-23(27)31)13-34-16-8-6-7-9-17(16)37-38(33)26-15(4)21(30)35-14(2)3/h6-10,12,14-15,18,20,22,29,32H,13H2,1-4H3,(H,25,28,31)/t15-,18+,20+,22+,24+/m0/s1.